The summed E-state index contributed by atoms with van der Waals surface area (Å²) in [6.45, 7) is 2.36. The van der Waals surface area contributed by atoms with Crippen LogP contribution in [0.25, 0.3) is 22.3 Å². The molecule has 45 heavy (non-hydrogen) atoms. The van der Waals surface area contributed by atoms with Crippen LogP contribution >= 0.6 is 0 Å². The van der Waals surface area contributed by atoms with Crippen LogP contribution < -0.4 is 19.9 Å². The summed E-state index contributed by atoms with van der Waals surface area (Å²) in [4.78, 5) is 29.4. The van der Waals surface area contributed by atoms with Crippen molar-refractivity contribution in [2.75, 3.05) is 32.3 Å². The Morgan fingerprint density at radius 3 is 2.58 bits per heavy atom. The monoisotopic (exact) mass is 614 g/mol. The standard InChI is InChI=1S/C34H42N6O5/c1-42-28-16-27(17-29(19-28)43-2)40(22-24-10-11-24)26-12-13-30-31(18-26)37-32(21-35-30)25-20-36-39(23-25)14-6-3-4-8-33(41)38-45-34-9-5-7-15-44-34/h12-13,16-21,23-24,34H,3-11,14-15,22H2,1-2H3,(H,38,41). The third-order valence-corrected chi connectivity index (χ3v) is 8.29. The van der Waals surface area contributed by atoms with Crippen molar-refractivity contribution >= 4 is 28.3 Å². The van der Waals surface area contributed by atoms with Crippen LogP contribution in [0, 0.1) is 5.92 Å². The Labute approximate surface area is 263 Å². The van der Waals surface area contributed by atoms with Gasteiger partial charge in [0, 0.05) is 73.9 Å². The number of anilines is 2. The number of unbranched alkanes of at least 4 members (excludes halogenated alkanes) is 2. The number of hydrogen-bond acceptors (Lipinski definition) is 9. The number of carbonyl (C=O) groups is 1. The maximum absolute atomic E-state index is 12.1. The number of hydroxylamine groups is 1. The van der Waals surface area contributed by atoms with E-state index in [4.69, 9.17) is 29.0 Å². The summed E-state index contributed by atoms with van der Waals surface area (Å²) >= 11 is 0. The van der Waals surface area contributed by atoms with E-state index in [1.54, 1.807) is 20.4 Å². The van der Waals surface area contributed by atoms with Crippen molar-refractivity contribution in [3.8, 4) is 22.8 Å². The van der Waals surface area contributed by atoms with Gasteiger partial charge in [0.25, 0.3) is 0 Å². The summed E-state index contributed by atoms with van der Waals surface area (Å²) in [5.74, 6) is 2.06. The molecule has 2 fully saturated rings. The van der Waals surface area contributed by atoms with Crippen LogP contribution in [0.15, 0.2) is 55.0 Å². The van der Waals surface area contributed by atoms with Crippen LogP contribution in [0.5, 0.6) is 11.5 Å². The van der Waals surface area contributed by atoms with Crippen LogP contribution in [-0.4, -0.2) is 59.3 Å². The van der Waals surface area contributed by atoms with E-state index >= 15 is 0 Å². The zero-order chi connectivity index (χ0) is 31.0. The van der Waals surface area contributed by atoms with Crippen LogP contribution in [0.2, 0.25) is 0 Å². The Kier molecular flexibility index (Phi) is 10.1. The molecule has 1 aliphatic heterocycles. The maximum Gasteiger partial charge on any atom is 0.243 e. The van der Waals surface area contributed by atoms with E-state index in [-0.39, 0.29) is 12.2 Å². The number of nitrogens with one attached hydrogen (secondary N) is 1. The largest absolute Gasteiger partial charge is 0.497 e. The second-order valence-corrected chi connectivity index (χ2v) is 11.8. The fraction of sp³-hybridized carbons (Fsp3) is 0.471. The smallest absolute Gasteiger partial charge is 0.243 e. The fourth-order valence-corrected chi connectivity index (χ4v) is 5.51. The highest BCUT2D eigenvalue weighted by atomic mass is 16.8. The first-order chi connectivity index (χ1) is 22.1. The lowest BCUT2D eigenvalue weighted by atomic mass is 10.1. The average molecular weight is 615 g/mol. The summed E-state index contributed by atoms with van der Waals surface area (Å²) in [6.07, 6.45) is 13.8. The molecule has 1 amide bonds. The van der Waals surface area contributed by atoms with Crippen LogP contribution in [0.4, 0.5) is 11.4 Å². The number of benzene rings is 2. The predicted molar refractivity (Wildman–Crippen MR) is 171 cm³/mol. The number of amides is 1. The first kappa shape index (κ1) is 30.8. The molecule has 4 aromatic rings. The minimum atomic E-state index is -0.323. The van der Waals surface area contributed by atoms with E-state index in [0.717, 1.165) is 96.8 Å². The highest BCUT2D eigenvalue weighted by Crippen LogP contribution is 2.38. The first-order valence-electron chi connectivity index (χ1n) is 15.9. The zero-order valence-electron chi connectivity index (χ0n) is 26.1. The number of aryl methyl sites for hydroxylation is 1. The molecule has 1 aliphatic carbocycles. The summed E-state index contributed by atoms with van der Waals surface area (Å²) < 4.78 is 18.5. The van der Waals surface area contributed by atoms with Gasteiger partial charge in [-0.25, -0.2) is 15.3 Å². The van der Waals surface area contributed by atoms with E-state index in [9.17, 15) is 4.79 Å². The molecular formula is C34H42N6O5. The molecule has 0 bridgehead atoms. The van der Waals surface area contributed by atoms with Gasteiger partial charge in [0.05, 0.1) is 43.3 Å². The highest BCUT2D eigenvalue weighted by molar-refractivity contribution is 5.82. The summed E-state index contributed by atoms with van der Waals surface area (Å²) in [5, 5.41) is 4.55. The second-order valence-electron chi connectivity index (χ2n) is 11.8. The quantitative estimate of drug-likeness (QED) is 0.124. The van der Waals surface area contributed by atoms with Gasteiger partial charge in [-0.3, -0.25) is 14.5 Å². The molecule has 6 rings (SSSR count). The van der Waals surface area contributed by atoms with Crippen molar-refractivity contribution in [2.45, 2.75) is 70.6 Å². The van der Waals surface area contributed by atoms with Crippen molar-refractivity contribution in [1.29, 1.82) is 0 Å². The van der Waals surface area contributed by atoms with Crippen LogP contribution in [0.3, 0.4) is 0 Å². The number of fused-ring (bicyclic) bond motifs is 1. The van der Waals surface area contributed by atoms with Crippen LogP contribution in [-0.2, 0) is 20.9 Å². The van der Waals surface area contributed by atoms with Gasteiger partial charge in [0.15, 0.2) is 6.29 Å². The Hall–Kier alpha value is -4.22. The average Bonchev–Trinajstić information content (AvgIpc) is 3.79. The SMILES string of the molecule is COc1cc(OC)cc(N(CC2CC2)c2ccc3ncc(-c4cnn(CCCCCC(=O)NOC5CCCCO5)c4)nc3c2)c1. The summed E-state index contributed by atoms with van der Waals surface area (Å²) in [5.41, 5.74) is 7.96. The van der Waals surface area contributed by atoms with E-state index in [2.05, 4.69) is 27.6 Å². The topological polar surface area (TPSA) is 113 Å². The summed E-state index contributed by atoms with van der Waals surface area (Å²) in [7, 11) is 3.34. The molecule has 11 heteroatoms. The van der Waals surface area contributed by atoms with E-state index in [1.807, 2.05) is 41.3 Å². The minimum Gasteiger partial charge on any atom is -0.497 e. The lowest BCUT2D eigenvalue weighted by Gasteiger charge is -2.26. The van der Waals surface area contributed by atoms with Crippen molar-refractivity contribution in [2.24, 2.45) is 5.92 Å². The molecule has 238 valence electrons. The zero-order valence-corrected chi connectivity index (χ0v) is 26.1. The molecule has 2 aliphatic rings. The number of carbonyl (C=O) groups excluding carboxylic acids is 1. The number of ether oxygens (including phenoxy) is 3. The number of aromatic nitrogens is 4. The maximum atomic E-state index is 12.1. The molecule has 11 nitrogen and oxygen atoms in total. The molecule has 1 saturated heterocycles. The van der Waals surface area contributed by atoms with E-state index in [1.165, 1.54) is 12.8 Å². The van der Waals surface area contributed by atoms with Gasteiger partial charge in [-0.05, 0) is 62.6 Å². The number of methoxy groups -OCH3 is 2. The van der Waals surface area contributed by atoms with Gasteiger partial charge in [-0.15, -0.1) is 0 Å². The van der Waals surface area contributed by atoms with Crippen LogP contribution in [0.1, 0.15) is 57.8 Å². The molecule has 1 saturated carbocycles. The van der Waals surface area contributed by atoms with Gasteiger partial charge in [-0.1, -0.05) is 6.42 Å². The predicted octanol–water partition coefficient (Wildman–Crippen LogP) is 6.19. The van der Waals surface area contributed by atoms with Crippen molar-refractivity contribution in [3.05, 3.63) is 55.0 Å². The van der Waals surface area contributed by atoms with Crippen molar-refractivity contribution in [3.63, 3.8) is 0 Å². The van der Waals surface area contributed by atoms with Gasteiger partial charge < -0.3 is 19.1 Å². The molecule has 1 unspecified atom stereocenters. The molecule has 0 spiro atoms. The molecule has 0 radical (unpaired) electrons. The normalized spacial score (nSPS) is 16.4. The fourth-order valence-electron chi connectivity index (χ4n) is 5.51. The Bertz CT molecular complexity index is 1560. The molecule has 2 aromatic carbocycles. The van der Waals surface area contributed by atoms with Gasteiger partial charge in [0.2, 0.25) is 5.91 Å². The lowest BCUT2D eigenvalue weighted by molar-refractivity contribution is -0.200. The Morgan fingerprint density at radius 1 is 0.978 bits per heavy atom. The Balaban J connectivity index is 1.07. The molecular weight excluding hydrogens is 572 g/mol. The number of rotatable bonds is 15. The van der Waals surface area contributed by atoms with Gasteiger partial charge in [0.1, 0.15) is 11.5 Å². The van der Waals surface area contributed by atoms with Crippen molar-refractivity contribution < 1.29 is 23.8 Å². The summed E-state index contributed by atoms with van der Waals surface area (Å²) in [6, 6.07) is 12.2. The third-order valence-electron chi connectivity index (χ3n) is 8.29. The molecule has 2 aromatic heterocycles. The second kappa shape index (κ2) is 14.7. The number of nitrogens with zero attached hydrogens (tertiary/aromatic N) is 5. The third kappa shape index (κ3) is 8.29. The Morgan fingerprint density at radius 2 is 1.82 bits per heavy atom. The highest BCUT2D eigenvalue weighted by Gasteiger charge is 2.26. The first-order valence-corrected chi connectivity index (χ1v) is 15.9. The molecule has 1 atom stereocenters. The number of hydrogen-bond donors (Lipinski definition) is 1. The van der Waals surface area contributed by atoms with Gasteiger partial charge in [-0.2, -0.15) is 5.10 Å². The molecule has 1 N–H and O–H groups in total. The van der Waals surface area contributed by atoms with Crippen molar-refractivity contribution in [1.82, 2.24) is 25.2 Å². The van der Waals surface area contributed by atoms with E-state index in [0.29, 0.717) is 18.9 Å². The van der Waals surface area contributed by atoms with E-state index < -0.39 is 0 Å². The molecule has 3 heterocycles. The lowest BCUT2D eigenvalue weighted by Crippen LogP contribution is -2.32. The minimum absolute atomic E-state index is 0.109. The van der Waals surface area contributed by atoms with Gasteiger partial charge >= 0.3 is 0 Å².